The molecule has 388 valence electrons. The first kappa shape index (κ1) is 46.5. The van der Waals surface area contributed by atoms with Gasteiger partial charge in [0.1, 0.15) is 22.3 Å². The Morgan fingerprint density at radius 3 is 1.49 bits per heavy atom. The highest BCUT2D eigenvalue weighted by atomic mass is 16.3. The predicted molar refractivity (Wildman–Crippen MR) is 336 cm³/mol. The van der Waals surface area contributed by atoms with Crippen LogP contribution in [0.2, 0.25) is 0 Å². The summed E-state index contributed by atoms with van der Waals surface area (Å²) in [5.41, 5.74) is 22.8. The SMILES string of the molecule is CC1(C)c2ccccc2-c2cc3c(cc21)[nH]c1c3ccc2oc3ccccc3c21.CC1(C)c2ccccc2-c2cc3c4ccc5oc6ccccc6c5c4n(-c4cccc(-c5nc(-c6ccccc6)nc(-c6ccccc6)n5)c4)c3cc21. The number of aromatic nitrogens is 5. The minimum absolute atomic E-state index is 0.00900. The van der Waals surface area contributed by atoms with Crippen molar-refractivity contribution in [2.75, 3.05) is 0 Å². The Kier molecular flexibility index (Phi) is 9.69. The fourth-order valence-corrected chi connectivity index (χ4v) is 13.9. The lowest BCUT2D eigenvalue weighted by Crippen LogP contribution is -2.15. The lowest BCUT2D eigenvalue weighted by molar-refractivity contribution is 0.661. The molecule has 0 saturated carbocycles. The minimum atomic E-state index is -0.145. The first-order chi connectivity index (χ1) is 40.2. The fraction of sp³-hybridized carbons (Fsp3) is 0.0800. The molecule has 2 aliphatic rings. The number of hydrogen-bond donors (Lipinski definition) is 1. The van der Waals surface area contributed by atoms with Crippen LogP contribution in [0.1, 0.15) is 49.9 Å². The van der Waals surface area contributed by atoms with Crippen molar-refractivity contribution in [3.8, 4) is 62.1 Å². The Morgan fingerprint density at radius 1 is 0.354 bits per heavy atom. The Balaban J connectivity index is 0.000000154. The maximum absolute atomic E-state index is 6.47. The van der Waals surface area contributed by atoms with Crippen LogP contribution in [0, 0.1) is 0 Å². The van der Waals surface area contributed by atoms with Gasteiger partial charge in [-0.2, -0.15) is 0 Å². The van der Waals surface area contributed by atoms with Gasteiger partial charge in [0, 0.05) is 71.0 Å². The van der Waals surface area contributed by atoms with Crippen LogP contribution in [0.5, 0.6) is 0 Å². The highest BCUT2D eigenvalue weighted by Crippen LogP contribution is 2.53. The summed E-state index contributed by atoms with van der Waals surface area (Å²) < 4.78 is 15.0. The summed E-state index contributed by atoms with van der Waals surface area (Å²) in [5, 5.41) is 9.48. The molecule has 7 heteroatoms. The molecule has 5 aromatic heterocycles. The number of furan rings is 2. The molecule has 18 rings (SSSR count). The number of fused-ring (bicyclic) bond motifs is 20. The van der Waals surface area contributed by atoms with Gasteiger partial charge in [0.05, 0.1) is 27.3 Å². The summed E-state index contributed by atoms with van der Waals surface area (Å²) in [6, 6.07) is 81.4. The minimum Gasteiger partial charge on any atom is -0.456 e. The molecule has 7 nitrogen and oxygen atoms in total. The predicted octanol–water partition coefficient (Wildman–Crippen LogP) is 19.7. The monoisotopic (exact) mass is 1050 g/mol. The van der Waals surface area contributed by atoms with Crippen LogP contribution >= 0.6 is 0 Å². The Labute approximate surface area is 471 Å². The third-order valence-corrected chi connectivity index (χ3v) is 17.8. The van der Waals surface area contributed by atoms with Crippen LogP contribution < -0.4 is 0 Å². The molecule has 2 aliphatic carbocycles. The van der Waals surface area contributed by atoms with E-state index in [9.17, 15) is 0 Å². The van der Waals surface area contributed by atoms with E-state index in [0.29, 0.717) is 17.5 Å². The summed E-state index contributed by atoms with van der Waals surface area (Å²) in [5.74, 6) is 1.90. The molecule has 0 amide bonds. The number of H-pyrrole nitrogens is 1. The Hall–Kier alpha value is -10.4. The lowest BCUT2D eigenvalue weighted by atomic mass is 9.82. The molecule has 11 aromatic carbocycles. The van der Waals surface area contributed by atoms with Crippen LogP contribution in [0.4, 0.5) is 0 Å². The average Bonchev–Trinajstić information content (AvgIpc) is 4.55. The molecule has 0 atom stereocenters. The number of nitrogens with one attached hydrogen (secondary N) is 1. The third-order valence-electron chi connectivity index (χ3n) is 17.8. The van der Waals surface area contributed by atoms with Gasteiger partial charge in [-0.25, -0.2) is 15.0 Å². The molecule has 0 fully saturated rings. The first-order valence-corrected chi connectivity index (χ1v) is 28.2. The van der Waals surface area contributed by atoms with Gasteiger partial charge in [-0.3, -0.25) is 0 Å². The van der Waals surface area contributed by atoms with Gasteiger partial charge in [0.2, 0.25) is 0 Å². The van der Waals surface area contributed by atoms with E-state index >= 15 is 0 Å². The molecule has 1 N–H and O–H groups in total. The number of aromatic amines is 1. The van der Waals surface area contributed by atoms with Crippen LogP contribution in [-0.4, -0.2) is 24.5 Å². The van der Waals surface area contributed by atoms with Gasteiger partial charge in [-0.1, -0.05) is 185 Å². The molecule has 82 heavy (non-hydrogen) atoms. The number of benzene rings is 11. The molecule has 0 spiro atoms. The fourth-order valence-electron chi connectivity index (χ4n) is 13.9. The van der Waals surface area contributed by atoms with Crippen LogP contribution in [0.25, 0.3) is 150 Å². The third kappa shape index (κ3) is 6.68. The molecule has 0 aliphatic heterocycles. The highest BCUT2D eigenvalue weighted by Gasteiger charge is 2.38. The second-order valence-corrected chi connectivity index (χ2v) is 23.1. The smallest absolute Gasteiger partial charge is 0.164 e. The average molecular weight is 1050 g/mol. The normalized spacial score (nSPS) is 13.8. The van der Waals surface area contributed by atoms with Gasteiger partial charge < -0.3 is 18.4 Å². The molecule has 0 radical (unpaired) electrons. The number of hydrogen-bond acceptors (Lipinski definition) is 5. The molecule has 0 unspecified atom stereocenters. The van der Waals surface area contributed by atoms with Gasteiger partial charge in [-0.15, -0.1) is 0 Å². The maximum atomic E-state index is 6.47. The molecular formula is C75H51N5O2. The highest BCUT2D eigenvalue weighted by molar-refractivity contribution is 6.26. The van der Waals surface area contributed by atoms with E-state index in [2.05, 4.69) is 189 Å². The molecule has 0 saturated heterocycles. The summed E-state index contributed by atoms with van der Waals surface area (Å²) in [7, 11) is 0. The van der Waals surface area contributed by atoms with Crippen molar-refractivity contribution >= 4 is 87.5 Å². The summed E-state index contributed by atoms with van der Waals surface area (Å²) in [4.78, 5) is 18.8. The molecule has 5 heterocycles. The van der Waals surface area contributed by atoms with E-state index in [1.165, 1.54) is 77.0 Å². The standard InChI is InChI=1S/C48H32N4O.C27H19NO/c1-48(2)38-22-11-9-20-33(38)36-27-37-34-24-25-42-43(35-21-10-12-23-41(35)53-42)44(34)52(40(37)28-39(36)48)32-19-13-18-31(26-32)47-50-45(29-14-5-3-6-15-29)49-46(51-47)30-16-7-4-8-17-30;1-27(2)20-9-5-3-7-15(20)18-13-19-16-11-12-24-25(17-8-4-6-10-23(17)29-24)26(16)28-22(19)14-21(18)27/h3-28H,1-2H3;3-14,28H,1-2H3. The number of nitrogens with zero attached hydrogens (tertiary/aromatic N) is 4. The Morgan fingerprint density at radius 2 is 0.854 bits per heavy atom. The van der Waals surface area contributed by atoms with Gasteiger partial charge in [0.15, 0.2) is 17.5 Å². The largest absolute Gasteiger partial charge is 0.456 e. The van der Waals surface area contributed by atoms with Crippen molar-refractivity contribution in [1.82, 2.24) is 24.5 Å². The van der Waals surface area contributed by atoms with Gasteiger partial charge in [0.25, 0.3) is 0 Å². The summed E-state index contributed by atoms with van der Waals surface area (Å²) in [6.45, 7) is 9.34. The summed E-state index contributed by atoms with van der Waals surface area (Å²) in [6.07, 6.45) is 0. The van der Waals surface area contributed by atoms with E-state index in [4.69, 9.17) is 23.8 Å². The topological polar surface area (TPSA) is 85.7 Å². The van der Waals surface area contributed by atoms with Crippen molar-refractivity contribution in [2.45, 2.75) is 38.5 Å². The van der Waals surface area contributed by atoms with Gasteiger partial charge >= 0.3 is 0 Å². The molecule has 16 aromatic rings. The quantitative estimate of drug-likeness (QED) is 0.190. The van der Waals surface area contributed by atoms with E-state index < -0.39 is 0 Å². The zero-order valence-electron chi connectivity index (χ0n) is 45.5. The number of para-hydroxylation sites is 2. The second kappa shape index (κ2) is 17.1. The first-order valence-electron chi connectivity index (χ1n) is 28.2. The lowest BCUT2D eigenvalue weighted by Gasteiger charge is -2.21. The zero-order valence-corrected chi connectivity index (χ0v) is 45.5. The second-order valence-electron chi connectivity index (χ2n) is 23.1. The molecule has 0 bridgehead atoms. The van der Waals surface area contributed by atoms with E-state index in [-0.39, 0.29) is 10.8 Å². The van der Waals surface area contributed by atoms with Crippen molar-refractivity contribution in [3.05, 3.63) is 253 Å². The van der Waals surface area contributed by atoms with E-state index in [1.54, 1.807) is 0 Å². The van der Waals surface area contributed by atoms with E-state index in [1.807, 2.05) is 78.9 Å². The number of rotatable bonds is 4. The van der Waals surface area contributed by atoms with Crippen LogP contribution in [-0.2, 0) is 10.8 Å². The van der Waals surface area contributed by atoms with Crippen LogP contribution in [0.3, 0.4) is 0 Å². The maximum Gasteiger partial charge on any atom is 0.164 e. The van der Waals surface area contributed by atoms with E-state index in [0.717, 1.165) is 77.4 Å². The van der Waals surface area contributed by atoms with Gasteiger partial charge in [-0.05, 0) is 117 Å². The molecular weight excluding hydrogens is 1000 g/mol. The van der Waals surface area contributed by atoms with Crippen molar-refractivity contribution in [2.24, 2.45) is 0 Å². The van der Waals surface area contributed by atoms with Crippen molar-refractivity contribution < 1.29 is 8.83 Å². The Bertz CT molecular complexity index is 5290. The van der Waals surface area contributed by atoms with Crippen LogP contribution in [0.15, 0.2) is 239 Å². The zero-order chi connectivity index (χ0) is 54.6. The van der Waals surface area contributed by atoms with Crippen molar-refractivity contribution in [1.29, 1.82) is 0 Å². The van der Waals surface area contributed by atoms with Crippen molar-refractivity contribution in [3.63, 3.8) is 0 Å². The summed E-state index contributed by atoms with van der Waals surface area (Å²) >= 11 is 0.